The van der Waals surface area contributed by atoms with Crippen LogP contribution in [0.4, 0.5) is 0 Å². The second-order valence-electron chi connectivity index (χ2n) is 6.34. The highest BCUT2D eigenvalue weighted by atomic mass is 16.5. The molecule has 1 saturated heterocycles. The molecular weight excluding hydrogens is 226 g/mol. The van der Waals surface area contributed by atoms with Gasteiger partial charge in [0.1, 0.15) is 5.78 Å². The fraction of sp³-hybridized carbons (Fsp3) is 0.933. The van der Waals surface area contributed by atoms with Crippen LogP contribution in [0.25, 0.3) is 0 Å². The molecule has 3 rings (SSSR count). The van der Waals surface area contributed by atoms with Crippen molar-refractivity contribution in [3.63, 3.8) is 0 Å². The Bertz CT molecular complexity index is 312. The van der Waals surface area contributed by atoms with Gasteiger partial charge in [-0.05, 0) is 24.7 Å². The van der Waals surface area contributed by atoms with Crippen molar-refractivity contribution < 1.29 is 9.53 Å². The lowest BCUT2D eigenvalue weighted by atomic mass is 9.78. The molecule has 3 fully saturated rings. The van der Waals surface area contributed by atoms with Crippen LogP contribution in [0.2, 0.25) is 0 Å². The van der Waals surface area contributed by atoms with Crippen LogP contribution in [0.3, 0.4) is 0 Å². The first kappa shape index (κ1) is 12.6. The van der Waals surface area contributed by atoms with Gasteiger partial charge in [0.15, 0.2) is 0 Å². The molecule has 3 aliphatic rings. The first-order valence-electron chi connectivity index (χ1n) is 7.61. The summed E-state index contributed by atoms with van der Waals surface area (Å²) in [5, 5.41) is 0. The third kappa shape index (κ3) is 2.23. The van der Waals surface area contributed by atoms with Crippen LogP contribution >= 0.6 is 0 Å². The largest absolute Gasteiger partial charge is 0.379 e. The van der Waals surface area contributed by atoms with Crippen molar-refractivity contribution in [1.82, 2.24) is 4.90 Å². The van der Waals surface area contributed by atoms with E-state index in [1.165, 1.54) is 19.3 Å². The third-order valence-electron chi connectivity index (χ3n) is 5.42. The number of morpholine rings is 1. The quantitative estimate of drug-likeness (QED) is 0.751. The van der Waals surface area contributed by atoms with Crippen molar-refractivity contribution in [2.24, 2.45) is 23.7 Å². The van der Waals surface area contributed by atoms with Gasteiger partial charge in [-0.2, -0.15) is 0 Å². The number of nitrogens with zero attached hydrogens (tertiary/aromatic N) is 1. The Hall–Kier alpha value is -0.410. The molecular formula is C15H25NO2. The normalized spacial score (nSPS) is 41.9. The number of fused-ring (bicyclic) bond motifs is 1. The van der Waals surface area contributed by atoms with E-state index < -0.39 is 0 Å². The van der Waals surface area contributed by atoms with Crippen LogP contribution in [0, 0.1) is 23.7 Å². The summed E-state index contributed by atoms with van der Waals surface area (Å²) in [5.74, 6) is 2.58. The van der Waals surface area contributed by atoms with Gasteiger partial charge < -0.3 is 4.74 Å². The summed E-state index contributed by atoms with van der Waals surface area (Å²) in [6.07, 6.45) is 5.05. The molecule has 2 aliphatic carbocycles. The Morgan fingerprint density at radius 2 is 1.94 bits per heavy atom. The molecule has 2 saturated carbocycles. The van der Waals surface area contributed by atoms with E-state index in [0.717, 1.165) is 39.3 Å². The highest BCUT2D eigenvalue weighted by molar-refractivity contribution is 5.86. The van der Waals surface area contributed by atoms with Gasteiger partial charge in [0.2, 0.25) is 0 Å². The number of ketones is 1. The molecule has 4 unspecified atom stereocenters. The summed E-state index contributed by atoms with van der Waals surface area (Å²) < 4.78 is 5.39. The smallest absolute Gasteiger partial charge is 0.140 e. The first-order valence-corrected chi connectivity index (χ1v) is 7.61. The number of carbonyl (C=O) groups excluding carboxylic acids is 1. The Morgan fingerprint density at radius 3 is 2.67 bits per heavy atom. The maximum absolute atomic E-state index is 12.6. The van der Waals surface area contributed by atoms with Crippen LogP contribution in [0.15, 0.2) is 0 Å². The topological polar surface area (TPSA) is 29.5 Å². The van der Waals surface area contributed by atoms with E-state index in [9.17, 15) is 4.79 Å². The zero-order valence-electron chi connectivity index (χ0n) is 11.4. The molecule has 0 aromatic carbocycles. The molecule has 0 aromatic heterocycles. The lowest BCUT2D eigenvalue weighted by molar-refractivity contribution is -0.126. The van der Waals surface area contributed by atoms with E-state index >= 15 is 0 Å². The summed E-state index contributed by atoms with van der Waals surface area (Å²) >= 11 is 0. The lowest BCUT2D eigenvalue weighted by Gasteiger charge is -2.30. The van der Waals surface area contributed by atoms with Gasteiger partial charge >= 0.3 is 0 Å². The van der Waals surface area contributed by atoms with Crippen LogP contribution in [-0.2, 0) is 9.53 Å². The maximum Gasteiger partial charge on any atom is 0.140 e. The lowest BCUT2D eigenvalue weighted by Crippen LogP contribution is -2.41. The van der Waals surface area contributed by atoms with E-state index in [1.807, 2.05) is 0 Å². The van der Waals surface area contributed by atoms with Gasteiger partial charge in [-0.25, -0.2) is 0 Å². The van der Waals surface area contributed by atoms with Crippen LogP contribution in [0.1, 0.15) is 32.6 Å². The van der Waals surface area contributed by atoms with Gasteiger partial charge in [0, 0.05) is 31.5 Å². The molecule has 3 heteroatoms. The Labute approximate surface area is 110 Å². The Kier molecular flexibility index (Phi) is 3.71. The second-order valence-corrected chi connectivity index (χ2v) is 6.34. The number of rotatable bonds is 2. The fourth-order valence-electron chi connectivity index (χ4n) is 4.29. The molecule has 4 atom stereocenters. The molecule has 102 valence electrons. The number of Topliss-reactive ketones (excluding diaryl/α,β-unsaturated/α-hetero) is 1. The second kappa shape index (κ2) is 5.30. The van der Waals surface area contributed by atoms with E-state index in [2.05, 4.69) is 11.8 Å². The Balaban J connectivity index is 1.66. The summed E-state index contributed by atoms with van der Waals surface area (Å²) in [5.41, 5.74) is 0. The third-order valence-corrected chi connectivity index (χ3v) is 5.42. The Morgan fingerprint density at radius 1 is 1.22 bits per heavy atom. The first-order chi connectivity index (χ1) is 8.77. The molecule has 1 aliphatic heterocycles. The van der Waals surface area contributed by atoms with Crippen molar-refractivity contribution in [2.75, 3.05) is 32.8 Å². The van der Waals surface area contributed by atoms with E-state index in [4.69, 9.17) is 4.74 Å². The molecule has 1 heterocycles. The van der Waals surface area contributed by atoms with Gasteiger partial charge in [0.05, 0.1) is 13.2 Å². The van der Waals surface area contributed by atoms with Crippen molar-refractivity contribution in [1.29, 1.82) is 0 Å². The zero-order chi connectivity index (χ0) is 12.5. The van der Waals surface area contributed by atoms with Crippen LogP contribution in [0.5, 0.6) is 0 Å². The predicted octanol–water partition coefficient (Wildman–Crippen LogP) is 1.96. The van der Waals surface area contributed by atoms with Gasteiger partial charge in [-0.3, -0.25) is 9.69 Å². The van der Waals surface area contributed by atoms with Crippen molar-refractivity contribution in [3.8, 4) is 0 Å². The fourth-order valence-corrected chi connectivity index (χ4v) is 4.29. The van der Waals surface area contributed by atoms with Gasteiger partial charge in [-0.15, -0.1) is 0 Å². The van der Waals surface area contributed by atoms with Crippen molar-refractivity contribution >= 4 is 5.78 Å². The van der Waals surface area contributed by atoms with E-state index in [0.29, 0.717) is 29.5 Å². The van der Waals surface area contributed by atoms with E-state index in [1.54, 1.807) is 0 Å². The van der Waals surface area contributed by atoms with Crippen LogP contribution in [-0.4, -0.2) is 43.5 Å². The number of hydrogen-bond donors (Lipinski definition) is 0. The average Bonchev–Trinajstić information content (AvgIpc) is 2.66. The average molecular weight is 251 g/mol. The number of hydrogen-bond acceptors (Lipinski definition) is 3. The monoisotopic (exact) mass is 251 g/mol. The zero-order valence-corrected chi connectivity index (χ0v) is 11.4. The minimum atomic E-state index is 0.302. The standard InChI is InChI=1S/C15H25NO2/c1-11-12-4-2-3-5-13(12)15(17)14(11)10-16-6-8-18-9-7-16/h11-14H,2-10H2,1H3. The highest BCUT2D eigenvalue weighted by Crippen LogP contribution is 2.46. The molecule has 3 nitrogen and oxygen atoms in total. The highest BCUT2D eigenvalue weighted by Gasteiger charge is 2.48. The minimum absolute atomic E-state index is 0.302. The SMILES string of the molecule is CC1C(CN2CCOCC2)C(=O)C2CCCCC21. The molecule has 18 heavy (non-hydrogen) atoms. The van der Waals surface area contributed by atoms with Crippen LogP contribution < -0.4 is 0 Å². The number of ether oxygens (including phenoxy) is 1. The van der Waals surface area contributed by atoms with Crippen molar-refractivity contribution in [3.05, 3.63) is 0 Å². The molecule has 0 spiro atoms. The summed E-state index contributed by atoms with van der Waals surface area (Å²) in [7, 11) is 0. The van der Waals surface area contributed by atoms with E-state index in [-0.39, 0.29) is 0 Å². The summed E-state index contributed by atoms with van der Waals surface area (Å²) in [4.78, 5) is 15.0. The molecule has 0 amide bonds. The molecule has 0 aromatic rings. The predicted molar refractivity (Wildman–Crippen MR) is 70.4 cm³/mol. The van der Waals surface area contributed by atoms with Gasteiger partial charge in [-0.1, -0.05) is 19.8 Å². The summed E-state index contributed by atoms with van der Waals surface area (Å²) in [6.45, 7) is 6.98. The molecule has 0 bridgehead atoms. The maximum atomic E-state index is 12.6. The molecule has 0 radical (unpaired) electrons. The minimum Gasteiger partial charge on any atom is -0.379 e. The molecule has 0 N–H and O–H groups in total. The van der Waals surface area contributed by atoms with Gasteiger partial charge in [0.25, 0.3) is 0 Å². The number of carbonyl (C=O) groups is 1. The summed E-state index contributed by atoms with van der Waals surface area (Å²) in [6, 6.07) is 0. The van der Waals surface area contributed by atoms with Crippen molar-refractivity contribution in [2.45, 2.75) is 32.6 Å².